The zero-order valence-corrected chi connectivity index (χ0v) is 34.8. The maximum atomic E-state index is 11.2. The fourth-order valence-electron chi connectivity index (χ4n) is 6.94. The molecule has 5 rings (SSSR count). The molecule has 0 bridgehead atoms. The number of aryl methyl sites for hydroxylation is 1. The van der Waals surface area contributed by atoms with Crippen molar-refractivity contribution in [1.29, 1.82) is 0 Å². The number of benzene rings is 5. The van der Waals surface area contributed by atoms with Gasteiger partial charge in [-0.25, -0.2) is 9.69 Å². The van der Waals surface area contributed by atoms with Crippen LogP contribution >= 0.6 is 0 Å². The van der Waals surface area contributed by atoms with Gasteiger partial charge in [0.1, 0.15) is 0 Å². The van der Waals surface area contributed by atoms with Crippen LogP contribution in [0.2, 0.25) is 0 Å². The molecule has 0 spiro atoms. The number of hydrogen-bond acceptors (Lipinski definition) is 3. The van der Waals surface area contributed by atoms with E-state index in [2.05, 4.69) is 94.3 Å². The van der Waals surface area contributed by atoms with Gasteiger partial charge in [0.2, 0.25) is 0 Å². The SMILES string of the molecule is [C-]#[N+]/C(=C\c1ccc(/C=C/c2ccc(N(c3ccc(/C=C/c4ccc(/C=C(\[N+]#[C-])C(=O)O)cc4)cc3)c3ccc(CCCCCCCCCCCC)cc3)cc2)cc1)C(=O)O. The van der Waals surface area contributed by atoms with E-state index < -0.39 is 11.9 Å². The number of rotatable bonds is 22. The van der Waals surface area contributed by atoms with Gasteiger partial charge in [0.25, 0.3) is 11.4 Å². The Balaban J connectivity index is 1.29. The van der Waals surface area contributed by atoms with Gasteiger partial charge < -0.3 is 15.1 Å². The third-order valence-electron chi connectivity index (χ3n) is 10.4. The van der Waals surface area contributed by atoms with Gasteiger partial charge in [0.05, 0.1) is 13.1 Å². The Morgan fingerprint density at radius 1 is 0.459 bits per heavy atom. The summed E-state index contributed by atoms with van der Waals surface area (Å²) in [5.41, 5.74) is 9.08. The molecule has 0 heterocycles. The highest BCUT2D eigenvalue weighted by Gasteiger charge is 2.13. The number of carbonyl (C=O) groups is 2. The molecule has 0 aliphatic heterocycles. The van der Waals surface area contributed by atoms with E-state index in [1.165, 1.54) is 81.9 Å². The van der Waals surface area contributed by atoms with Gasteiger partial charge in [0, 0.05) is 17.1 Å². The molecule has 308 valence electrons. The summed E-state index contributed by atoms with van der Waals surface area (Å²) in [6.07, 6.45) is 25.1. The van der Waals surface area contributed by atoms with Crippen LogP contribution in [0.1, 0.15) is 110 Å². The predicted octanol–water partition coefficient (Wildman–Crippen LogP) is 14.7. The van der Waals surface area contributed by atoms with Crippen LogP contribution in [0.3, 0.4) is 0 Å². The van der Waals surface area contributed by atoms with E-state index >= 15 is 0 Å². The number of nitrogens with zero attached hydrogens (tertiary/aromatic N) is 3. The monoisotopic (exact) mass is 807 g/mol. The van der Waals surface area contributed by atoms with E-state index in [1.807, 2.05) is 48.6 Å². The Hall–Kier alpha value is -7.22. The second-order valence-electron chi connectivity index (χ2n) is 15.0. The van der Waals surface area contributed by atoms with E-state index in [0.717, 1.165) is 45.7 Å². The molecule has 0 saturated heterocycles. The number of carboxylic acid groups (broad SMARTS) is 2. The minimum atomic E-state index is -1.24. The fourth-order valence-corrected chi connectivity index (χ4v) is 6.94. The molecule has 0 saturated carbocycles. The highest BCUT2D eigenvalue weighted by atomic mass is 16.4. The lowest BCUT2D eigenvalue weighted by Crippen LogP contribution is -2.10. The zero-order valence-electron chi connectivity index (χ0n) is 34.8. The van der Waals surface area contributed by atoms with E-state index in [0.29, 0.717) is 11.1 Å². The standard InChI is InChI=1S/C54H53N3O4/c1-4-5-6-7-8-9-10-11-12-13-14-41-27-33-48(34-28-41)57(49-35-29-44(30-36-49)17-15-42-19-23-46(24-20-42)39-51(55-2)53(58)59)50-37-31-45(32-38-50)18-16-43-21-25-47(26-22-43)40-52(56-3)54(60)61/h15-40H,4-14H2,1H3,(H,58,59)(H,60,61)/b17-15+,18-16+,51-39-,52-40-. The summed E-state index contributed by atoms with van der Waals surface area (Å²) < 4.78 is 0. The highest BCUT2D eigenvalue weighted by Crippen LogP contribution is 2.35. The van der Waals surface area contributed by atoms with Gasteiger partial charge in [-0.3, -0.25) is 9.59 Å². The Kier molecular flexibility index (Phi) is 17.7. The molecule has 0 aliphatic carbocycles. The summed E-state index contributed by atoms with van der Waals surface area (Å²) >= 11 is 0. The summed E-state index contributed by atoms with van der Waals surface area (Å²) in [6.45, 7) is 16.4. The van der Waals surface area contributed by atoms with E-state index in [9.17, 15) is 9.59 Å². The lowest BCUT2D eigenvalue weighted by Gasteiger charge is -2.26. The topological polar surface area (TPSA) is 86.6 Å². The van der Waals surface area contributed by atoms with E-state index in [1.54, 1.807) is 24.3 Å². The van der Waals surface area contributed by atoms with Crippen LogP contribution in [0.5, 0.6) is 0 Å². The Labute approximate surface area is 361 Å². The quantitative estimate of drug-likeness (QED) is 0.0315. The minimum absolute atomic E-state index is 0.322. The maximum absolute atomic E-state index is 11.2. The van der Waals surface area contributed by atoms with Gasteiger partial charge in [-0.2, -0.15) is 0 Å². The molecule has 0 amide bonds. The van der Waals surface area contributed by atoms with Crippen molar-refractivity contribution in [3.63, 3.8) is 0 Å². The second-order valence-corrected chi connectivity index (χ2v) is 15.0. The van der Waals surface area contributed by atoms with Gasteiger partial charge in [-0.05, 0) is 100 Å². The molecule has 0 aliphatic rings. The van der Waals surface area contributed by atoms with Gasteiger partial charge in [0.15, 0.2) is 0 Å². The Bertz CT molecular complexity index is 2250. The van der Waals surface area contributed by atoms with Crippen molar-refractivity contribution in [1.82, 2.24) is 0 Å². The van der Waals surface area contributed by atoms with Crippen molar-refractivity contribution < 1.29 is 19.8 Å². The number of aliphatic carboxylic acids is 2. The summed E-state index contributed by atoms with van der Waals surface area (Å²) in [5, 5.41) is 18.3. The fraction of sp³-hybridized carbons (Fsp3) is 0.222. The molecule has 0 fully saturated rings. The molecular weight excluding hydrogens is 755 g/mol. The van der Waals surface area contributed by atoms with Crippen LogP contribution in [-0.2, 0) is 16.0 Å². The molecule has 0 unspecified atom stereocenters. The van der Waals surface area contributed by atoms with Gasteiger partial charge >= 0.3 is 11.9 Å². The molecule has 2 N–H and O–H groups in total. The van der Waals surface area contributed by atoms with Crippen LogP contribution in [0, 0.1) is 13.1 Å². The van der Waals surface area contributed by atoms with Crippen LogP contribution in [0.15, 0.2) is 133 Å². The smallest absolute Gasteiger partial charge is 0.333 e. The summed E-state index contributed by atoms with van der Waals surface area (Å²) in [5.74, 6) is -2.48. The van der Waals surface area contributed by atoms with E-state index in [4.69, 9.17) is 23.4 Å². The molecule has 7 heteroatoms. The Morgan fingerprint density at radius 3 is 1.08 bits per heavy atom. The molecule has 5 aromatic rings. The number of hydrogen-bond donors (Lipinski definition) is 2. The third kappa shape index (κ3) is 14.5. The number of anilines is 3. The predicted molar refractivity (Wildman–Crippen MR) is 252 cm³/mol. The zero-order chi connectivity index (χ0) is 43.2. The lowest BCUT2D eigenvalue weighted by molar-refractivity contribution is -0.133. The van der Waals surface area contributed by atoms with Gasteiger partial charge in [-0.15, -0.1) is 0 Å². The highest BCUT2D eigenvalue weighted by molar-refractivity contribution is 5.94. The van der Waals surface area contributed by atoms with Crippen molar-refractivity contribution in [3.05, 3.63) is 194 Å². The third-order valence-corrected chi connectivity index (χ3v) is 10.4. The number of carboxylic acids is 2. The van der Waals surface area contributed by atoms with Crippen LogP contribution in [-0.4, -0.2) is 22.2 Å². The maximum Gasteiger partial charge on any atom is 0.333 e. The van der Waals surface area contributed by atoms with Crippen LogP contribution < -0.4 is 4.90 Å². The largest absolute Gasteiger partial charge is 0.486 e. The number of unbranched alkanes of at least 4 members (excludes halogenated alkanes) is 9. The van der Waals surface area contributed by atoms with Crippen molar-refractivity contribution in [2.24, 2.45) is 0 Å². The van der Waals surface area contributed by atoms with Gasteiger partial charge in [-0.1, -0.05) is 174 Å². The first kappa shape index (κ1) is 44.9. The Morgan fingerprint density at radius 2 is 0.754 bits per heavy atom. The average molecular weight is 808 g/mol. The van der Waals surface area contributed by atoms with Crippen molar-refractivity contribution >= 4 is 65.5 Å². The molecule has 5 aromatic carbocycles. The normalized spacial score (nSPS) is 11.7. The minimum Gasteiger partial charge on any atom is -0.486 e. The molecule has 0 atom stereocenters. The summed E-state index contributed by atoms with van der Waals surface area (Å²) in [6, 6.07) is 40.5. The van der Waals surface area contributed by atoms with Crippen LogP contribution in [0.25, 0.3) is 46.1 Å². The van der Waals surface area contributed by atoms with Crippen molar-refractivity contribution in [2.45, 2.75) is 77.6 Å². The average Bonchev–Trinajstić information content (AvgIpc) is 3.28. The summed E-state index contributed by atoms with van der Waals surface area (Å²) in [4.78, 5) is 30.8. The molecule has 0 aromatic heterocycles. The first-order valence-corrected chi connectivity index (χ1v) is 21.1. The van der Waals surface area contributed by atoms with Crippen LogP contribution in [0.4, 0.5) is 17.1 Å². The first-order valence-electron chi connectivity index (χ1n) is 21.1. The molecule has 0 radical (unpaired) electrons. The van der Waals surface area contributed by atoms with Crippen molar-refractivity contribution in [3.8, 4) is 0 Å². The van der Waals surface area contributed by atoms with E-state index in [-0.39, 0.29) is 11.4 Å². The summed E-state index contributed by atoms with van der Waals surface area (Å²) in [7, 11) is 0. The van der Waals surface area contributed by atoms with Crippen molar-refractivity contribution in [2.75, 3.05) is 4.90 Å². The molecular formula is C54H53N3O4. The second kappa shape index (κ2) is 24.0. The molecule has 7 nitrogen and oxygen atoms in total. The lowest BCUT2D eigenvalue weighted by atomic mass is 10.0. The first-order chi connectivity index (χ1) is 29.8. The molecule has 61 heavy (non-hydrogen) atoms.